The van der Waals surface area contributed by atoms with Gasteiger partial charge in [0.15, 0.2) is 0 Å². The van der Waals surface area contributed by atoms with Crippen LogP contribution in [0.15, 0.2) is 18.2 Å². The van der Waals surface area contributed by atoms with Crippen molar-refractivity contribution in [1.29, 1.82) is 0 Å². The second-order valence-electron chi connectivity index (χ2n) is 5.07. The van der Waals surface area contributed by atoms with Crippen molar-refractivity contribution in [2.75, 3.05) is 5.32 Å². The minimum atomic E-state index is -1.04. The number of rotatable bonds is 9. The molecule has 116 valence electrons. The molecule has 5 heteroatoms. The molecule has 1 amide bonds. The van der Waals surface area contributed by atoms with E-state index >= 15 is 0 Å². The fourth-order valence-electron chi connectivity index (χ4n) is 2.03. The van der Waals surface area contributed by atoms with E-state index in [1.807, 2.05) is 0 Å². The molecule has 1 aromatic rings. The predicted molar refractivity (Wildman–Crippen MR) is 85.0 cm³/mol. The summed E-state index contributed by atoms with van der Waals surface area (Å²) in [6.07, 6.45) is 7.22. The highest BCUT2D eigenvalue weighted by Crippen LogP contribution is 2.23. The van der Waals surface area contributed by atoms with Crippen LogP contribution in [0.2, 0.25) is 5.02 Å². The van der Waals surface area contributed by atoms with Crippen LogP contribution in [-0.2, 0) is 4.79 Å². The summed E-state index contributed by atoms with van der Waals surface area (Å²) in [7, 11) is 0. The third-order valence-electron chi connectivity index (χ3n) is 3.25. The molecule has 0 spiro atoms. The number of anilines is 1. The van der Waals surface area contributed by atoms with E-state index in [1.54, 1.807) is 0 Å². The molecule has 1 aromatic carbocycles. The fourth-order valence-corrected chi connectivity index (χ4v) is 2.26. The Morgan fingerprint density at radius 3 is 2.43 bits per heavy atom. The second kappa shape index (κ2) is 9.40. The van der Waals surface area contributed by atoms with Crippen LogP contribution in [0.3, 0.4) is 0 Å². The van der Waals surface area contributed by atoms with Crippen molar-refractivity contribution in [3.63, 3.8) is 0 Å². The Kier molecular flexibility index (Phi) is 7.83. The zero-order valence-corrected chi connectivity index (χ0v) is 13.1. The molecule has 1 rings (SSSR count). The van der Waals surface area contributed by atoms with Gasteiger partial charge in [-0.3, -0.25) is 4.79 Å². The van der Waals surface area contributed by atoms with Gasteiger partial charge in [0.25, 0.3) is 0 Å². The van der Waals surface area contributed by atoms with Gasteiger partial charge in [0.05, 0.1) is 16.3 Å². The third kappa shape index (κ3) is 6.63. The SMILES string of the molecule is CCCCCCCCC(=O)Nc1ccc(C(=O)O)cc1Cl. The number of carbonyl (C=O) groups excluding carboxylic acids is 1. The van der Waals surface area contributed by atoms with Crippen molar-refractivity contribution in [3.8, 4) is 0 Å². The first-order valence-electron chi connectivity index (χ1n) is 7.37. The van der Waals surface area contributed by atoms with Crippen LogP contribution < -0.4 is 5.32 Å². The van der Waals surface area contributed by atoms with Gasteiger partial charge in [0, 0.05) is 6.42 Å². The van der Waals surface area contributed by atoms with Crippen molar-refractivity contribution < 1.29 is 14.7 Å². The maximum Gasteiger partial charge on any atom is 0.335 e. The topological polar surface area (TPSA) is 66.4 Å². The first-order valence-corrected chi connectivity index (χ1v) is 7.75. The lowest BCUT2D eigenvalue weighted by molar-refractivity contribution is -0.116. The zero-order valence-electron chi connectivity index (χ0n) is 12.3. The Morgan fingerprint density at radius 1 is 1.14 bits per heavy atom. The van der Waals surface area contributed by atoms with Gasteiger partial charge in [0.2, 0.25) is 5.91 Å². The van der Waals surface area contributed by atoms with Crippen molar-refractivity contribution >= 4 is 29.2 Å². The molecule has 0 bridgehead atoms. The number of hydrogen-bond donors (Lipinski definition) is 2. The Hall–Kier alpha value is -1.55. The summed E-state index contributed by atoms with van der Waals surface area (Å²) in [5.74, 6) is -1.13. The molecule has 2 N–H and O–H groups in total. The summed E-state index contributed by atoms with van der Waals surface area (Å²) in [4.78, 5) is 22.6. The van der Waals surface area contributed by atoms with E-state index in [4.69, 9.17) is 16.7 Å². The monoisotopic (exact) mass is 311 g/mol. The van der Waals surface area contributed by atoms with Gasteiger partial charge in [0.1, 0.15) is 0 Å². The third-order valence-corrected chi connectivity index (χ3v) is 3.56. The molecule has 0 saturated carbocycles. The first kappa shape index (κ1) is 17.5. The smallest absolute Gasteiger partial charge is 0.335 e. The molecule has 0 aliphatic carbocycles. The van der Waals surface area contributed by atoms with Crippen LogP contribution in [0.5, 0.6) is 0 Å². The fraction of sp³-hybridized carbons (Fsp3) is 0.500. The summed E-state index contributed by atoms with van der Waals surface area (Å²) in [6.45, 7) is 2.17. The summed E-state index contributed by atoms with van der Waals surface area (Å²) in [6, 6.07) is 4.28. The Balaban J connectivity index is 2.36. The average molecular weight is 312 g/mol. The quantitative estimate of drug-likeness (QED) is 0.648. The summed E-state index contributed by atoms with van der Waals surface area (Å²) in [5, 5.41) is 11.8. The molecule has 0 fully saturated rings. The zero-order chi connectivity index (χ0) is 15.7. The maximum absolute atomic E-state index is 11.8. The Morgan fingerprint density at radius 2 is 1.81 bits per heavy atom. The van der Waals surface area contributed by atoms with E-state index < -0.39 is 5.97 Å². The predicted octanol–water partition coefficient (Wildman–Crippen LogP) is 4.73. The van der Waals surface area contributed by atoms with Crippen LogP contribution in [-0.4, -0.2) is 17.0 Å². The van der Waals surface area contributed by atoms with Gasteiger partial charge in [-0.25, -0.2) is 4.79 Å². The molecule has 21 heavy (non-hydrogen) atoms. The molecule has 0 heterocycles. The van der Waals surface area contributed by atoms with Crippen LogP contribution >= 0.6 is 11.6 Å². The lowest BCUT2D eigenvalue weighted by atomic mass is 10.1. The highest BCUT2D eigenvalue weighted by atomic mass is 35.5. The van der Waals surface area contributed by atoms with Crippen molar-refractivity contribution in [2.45, 2.75) is 51.9 Å². The van der Waals surface area contributed by atoms with E-state index in [0.29, 0.717) is 12.1 Å². The molecule has 4 nitrogen and oxygen atoms in total. The number of halogens is 1. The van der Waals surface area contributed by atoms with Crippen LogP contribution in [0.4, 0.5) is 5.69 Å². The molecule has 0 aromatic heterocycles. The van der Waals surface area contributed by atoms with Crippen molar-refractivity contribution in [3.05, 3.63) is 28.8 Å². The van der Waals surface area contributed by atoms with E-state index in [-0.39, 0.29) is 16.5 Å². The average Bonchev–Trinajstić information content (AvgIpc) is 2.44. The van der Waals surface area contributed by atoms with E-state index in [0.717, 1.165) is 19.3 Å². The number of carbonyl (C=O) groups is 2. The normalized spacial score (nSPS) is 10.4. The maximum atomic E-state index is 11.8. The van der Waals surface area contributed by atoms with Gasteiger partial charge in [-0.1, -0.05) is 50.6 Å². The summed E-state index contributed by atoms with van der Waals surface area (Å²) >= 11 is 5.96. The number of carboxylic acids is 1. The molecule has 0 aliphatic rings. The highest BCUT2D eigenvalue weighted by molar-refractivity contribution is 6.34. The number of aromatic carboxylic acids is 1. The van der Waals surface area contributed by atoms with Gasteiger partial charge < -0.3 is 10.4 Å². The lowest BCUT2D eigenvalue weighted by Crippen LogP contribution is -2.11. The molecule has 0 radical (unpaired) electrons. The highest BCUT2D eigenvalue weighted by Gasteiger charge is 2.09. The first-order chi connectivity index (χ1) is 10.0. The van der Waals surface area contributed by atoms with Crippen LogP contribution in [0.1, 0.15) is 62.2 Å². The van der Waals surface area contributed by atoms with Gasteiger partial charge in [-0.2, -0.15) is 0 Å². The van der Waals surface area contributed by atoms with E-state index in [2.05, 4.69) is 12.2 Å². The number of hydrogen-bond acceptors (Lipinski definition) is 2. The number of benzene rings is 1. The van der Waals surface area contributed by atoms with Crippen LogP contribution in [0.25, 0.3) is 0 Å². The molecule has 0 saturated heterocycles. The molecule has 0 unspecified atom stereocenters. The van der Waals surface area contributed by atoms with Crippen molar-refractivity contribution in [2.24, 2.45) is 0 Å². The number of nitrogens with one attached hydrogen (secondary N) is 1. The standard InChI is InChI=1S/C16H22ClNO3/c1-2-3-4-5-6-7-8-15(19)18-14-10-9-12(16(20)21)11-13(14)17/h9-11H,2-8H2,1H3,(H,18,19)(H,20,21). The lowest BCUT2D eigenvalue weighted by Gasteiger charge is -2.08. The van der Waals surface area contributed by atoms with Gasteiger partial charge in [-0.05, 0) is 24.6 Å². The number of carboxylic acid groups (broad SMARTS) is 1. The molecule has 0 atom stereocenters. The Labute approximate surface area is 130 Å². The van der Waals surface area contributed by atoms with Crippen molar-refractivity contribution in [1.82, 2.24) is 0 Å². The number of amides is 1. The minimum Gasteiger partial charge on any atom is -0.478 e. The summed E-state index contributed by atoms with van der Waals surface area (Å²) in [5.41, 5.74) is 0.562. The molecule has 0 aliphatic heterocycles. The number of unbranched alkanes of at least 4 members (excludes halogenated alkanes) is 5. The second-order valence-corrected chi connectivity index (χ2v) is 5.47. The van der Waals surface area contributed by atoms with Crippen LogP contribution in [0, 0.1) is 0 Å². The molecular weight excluding hydrogens is 290 g/mol. The van der Waals surface area contributed by atoms with E-state index in [1.165, 1.54) is 37.5 Å². The minimum absolute atomic E-state index is 0.0875. The van der Waals surface area contributed by atoms with E-state index in [9.17, 15) is 9.59 Å². The summed E-state index contributed by atoms with van der Waals surface area (Å²) < 4.78 is 0. The van der Waals surface area contributed by atoms with Gasteiger partial charge >= 0.3 is 5.97 Å². The molecular formula is C16H22ClNO3. The largest absolute Gasteiger partial charge is 0.478 e. The van der Waals surface area contributed by atoms with Gasteiger partial charge in [-0.15, -0.1) is 0 Å². The Bertz CT molecular complexity index is 488.